The van der Waals surface area contributed by atoms with Crippen LogP contribution < -0.4 is 5.32 Å². The zero-order chi connectivity index (χ0) is 12.1. The molecular formula is C12H29NSi2. The summed E-state index contributed by atoms with van der Waals surface area (Å²) in [5, 5.41) is 3.70. The lowest BCUT2D eigenvalue weighted by molar-refractivity contribution is 0.579. The third-order valence-corrected chi connectivity index (χ3v) is 14.7. The molecule has 0 spiro atoms. The van der Waals surface area contributed by atoms with Gasteiger partial charge in [0.05, 0.1) is 8.31 Å². The minimum Gasteiger partial charge on any atom is -0.317 e. The minimum atomic E-state index is -0.929. The second-order valence-electron chi connectivity index (χ2n) is 5.93. The molecule has 2 unspecified atom stereocenters. The summed E-state index contributed by atoms with van der Waals surface area (Å²) < 4.78 is 0. The molecule has 1 nitrogen and oxygen atoms in total. The Morgan fingerprint density at radius 3 is 2.20 bits per heavy atom. The molecule has 2 atom stereocenters. The van der Waals surface area contributed by atoms with Gasteiger partial charge in [-0.25, -0.2) is 0 Å². The van der Waals surface area contributed by atoms with Crippen LogP contribution in [0.2, 0.25) is 19.6 Å². The fourth-order valence-corrected chi connectivity index (χ4v) is 8.87. The molecule has 0 aliphatic heterocycles. The zero-order valence-corrected chi connectivity index (χ0v) is 13.8. The van der Waals surface area contributed by atoms with Gasteiger partial charge in [0.15, 0.2) is 0 Å². The van der Waals surface area contributed by atoms with Gasteiger partial charge in [0.2, 0.25) is 0 Å². The second kappa shape index (κ2) is 6.66. The van der Waals surface area contributed by atoms with E-state index in [1.165, 1.54) is 18.2 Å². The first-order valence-corrected chi connectivity index (χ1v) is 12.9. The van der Waals surface area contributed by atoms with Gasteiger partial charge in [-0.2, -0.15) is 0 Å². The van der Waals surface area contributed by atoms with E-state index in [0.717, 1.165) is 0 Å². The van der Waals surface area contributed by atoms with Crippen molar-refractivity contribution < 1.29 is 0 Å². The van der Waals surface area contributed by atoms with Crippen molar-refractivity contribution in [2.24, 2.45) is 0 Å². The average Bonchev–Trinajstić information content (AvgIpc) is 2.09. The molecule has 0 aliphatic carbocycles. The van der Waals surface area contributed by atoms with Crippen LogP contribution in [-0.2, 0) is 0 Å². The summed E-state index contributed by atoms with van der Waals surface area (Å²) in [6.45, 7) is 16.6. The van der Waals surface area contributed by atoms with Gasteiger partial charge in [-0.3, -0.25) is 0 Å². The Kier molecular flexibility index (Phi) is 6.72. The quantitative estimate of drug-likeness (QED) is 0.707. The predicted molar refractivity (Wildman–Crippen MR) is 77.7 cm³/mol. The highest BCUT2D eigenvalue weighted by molar-refractivity contribution is 7.33. The van der Waals surface area contributed by atoms with Gasteiger partial charge in [0.1, 0.15) is 0 Å². The molecule has 0 fully saturated rings. The minimum absolute atomic E-state index is 0.682. The number of nitrogens with one attached hydrogen (secondary N) is 1. The van der Waals surface area contributed by atoms with Gasteiger partial charge in [0.25, 0.3) is 0 Å². The Balaban J connectivity index is 4.34. The maximum absolute atomic E-state index is 3.70. The van der Waals surface area contributed by atoms with Gasteiger partial charge in [-0.05, 0) is 33.4 Å². The Labute approximate surface area is 98.8 Å². The maximum atomic E-state index is 3.70. The molecule has 0 saturated heterocycles. The number of allylic oxidation sites excluding steroid dienone is 1. The summed E-state index contributed by atoms with van der Waals surface area (Å²) in [6.07, 6.45) is 2.53. The molecule has 0 radical (unpaired) electrons. The monoisotopic (exact) mass is 243 g/mol. The van der Waals surface area contributed by atoms with Crippen molar-refractivity contribution in [3.63, 3.8) is 0 Å². The summed E-state index contributed by atoms with van der Waals surface area (Å²) in [5.41, 5.74) is 4.11. The molecule has 1 N–H and O–H groups in total. The zero-order valence-electron chi connectivity index (χ0n) is 11.6. The highest BCUT2D eigenvalue weighted by atomic mass is 29.2. The van der Waals surface area contributed by atoms with Crippen molar-refractivity contribution in [3.8, 4) is 0 Å². The standard InChI is InChI=1S/C12H29NSi2/c1-8-12(4)13-10-14(9-11(2)3)15(5,6)7/h9,12-14H,8,10H2,1-7H3. The molecule has 0 rings (SSSR count). The van der Waals surface area contributed by atoms with Crippen molar-refractivity contribution in [3.05, 3.63) is 11.3 Å². The lowest BCUT2D eigenvalue weighted by Crippen LogP contribution is -2.50. The van der Waals surface area contributed by atoms with Crippen molar-refractivity contribution in [1.29, 1.82) is 0 Å². The highest BCUT2D eigenvalue weighted by Gasteiger charge is 2.26. The van der Waals surface area contributed by atoms with E-state index in [9.17, 15) is 0 Å². The van der Waals surface area contributed by atoms with Crippen LogP contribution in [0.5, 0.6) is 0 Å². The van der Waals surface area contributed by atoms with E-state index in [0.29, 0.717) is 6.04 Å². The van der Waals surface area contributed by atoms with E-state index in [1.807, 2.05) is 0 Å². The van der Waals surface area contributed by atoms with E-state index >= 15 is 0 Å². The molecule has 90 valence electrons. The molecule has 0 aromatic heterocycles. The largest absolute Gasteiger partial charge is 0.317 e. The van der Waals surface area contributed by atoms with Crippen molar-refractivity contribution in [2.45, 2.75) is 59.8 Å². The SMILES string of the molecule is CCC(C)NC[SiH](C=C(C)C)[Si](C)(C)C. The van der Waals surface area contributed by atoms with Gasteiger partial charge >= 0.3 is 0 Å². The predicted octanol–water partition coefficient (Wildman–Crippen LogP) is 3.06. The third kappa shape index (κ3) is 7.09. The smallest absolute Gasteiger partial charge is 0.0701 e. The Bertz CT molecular complexity index is 202. The summed E-state index contributed by atoms with van der Waals surface area (Å²) in [6, 6.07) is 0.682. The molecule has 0 aromatic carbocycles. The summed E-state index contributed by atoms with van der Waals surface area (Å²) in [7, 11) is -1.61. The highest BCUT2D eigenvalue weighted by Crippen LogP contribution is 2.09. The van der Waals surface area contributed by atoms with Crippen LogP contribution in [0.4, 0.5) is 0 Å². The molecule has 0 saturated carbocycles. The van der Waals surface area contributed by atoms with Gasteiger partial charge in [-0.1, -0.05) is 32.1 Å². The van der Waals surface area contributed by atoms with Crippen LogP contribution in [-0.4, -0.2) is 28.1 Å². The first-order valence-electron chi connectivity index (χ1n) is 6.15. The first-order chi connectivity index (χ1) is 6.77. The van der Waals surface area contributed by atoms with Gasteiger partial charge in [-0.15, -0.1) is 5.70 Å². The van der Waals surface area contributed by atoms with Crippen LogP contribution in [0.1, 0.15) is 34.1 Å². The van der Waals surface area contributed by atoms with Crippen LogP contribution in [0.3, 0.4) is 0 Å². The number of hydrogen-bond donors (Lipinski definition) is 1. The number of rotatable bonds is 6. The van der Waals surface area contributed by atoms with Crippen LogP contribution in [0, 0.1) is 0 Å². The normalized spacial score (nSPS) is 15.9. The van der Waals surface area contributed by atoms with E-state index in [-0.39, 0.29) is 0 Å². The number of hydrogen-bond acceptors (Lipinski definition) is 1. The molecule has 3 heteroatoms. The lowest BCUT2D eigenvalue weighted by atomic mass is 10.3. The van der Waals surface area contributed by atoms with Crippen LogP contribution >= 0.6 is 0 Å². The van der Waals surface area contributed by atoms with Crippen LogP contribution in [0.25, 0.3) is 0 Å². The Morgan fingerprint density at radius 1 is 1.33 bits per heavy atom. The fourth-order valence-electron chi connectivity index (χ4n) is 1.49. The summed E-state index contributed by atoms with van der Waals surface area (Å²) >= 11 is 0. The second-order valence-corrected chi connectivity index (χ2v) is 20.0. The topological polar surface area (TPSA) is 12.0 Å². The van der Waals surface area contributed by atoms with Gasteiger partial charge in [0, 0.05) is 13.6 Å². The molecule has 0 amide bonds. The molecule has 15 heavy (non-hydrogen) atoms. The van der Waals surface area contributed by atoms with E-state index in [1.54, 1.807) is 0 Å². The van der Waals surface area contributed by atoms with E-state index in [2.05, 4.69) is 58.4 Å². The van der Waals surface area contributed by atoms with Crippen molar-refractivity contribution >= 4 is 15.9 Å². The third-order valence-electron chi connectivity index (χ3n) is 2.95. The van der Waals surface area contributed by atoms with Crippen molar-refractivity contribution in [2.75, 3.05) is 6.17 Å². The Morgan fingerprint density at radius 2 is 1.87 bits per heavy atom. The lowest BCUT2D eigenvalue weighted by Gasteiger charge is -2.27. The molecule has 0 heterocycles. The molecule has 0 bridgehead atoms. The first kappa shape index (κ1) is 15.1. The molecular weight excluding hydrogens is 214 g/mol. The summed E-state index contributed by atoms with van der Waals surface area (Å²) in [4.78, 5) is 0. The maximum Gasteiger partial charge on any atom is 0.0701 e. The Hall–Kier alpha value is 0.134. The van der Waals surface area contributed by atoms with Crippen molar-refractivity contribution in [1.82, 2.24) is 5.32 Å². The molecule has 0 aliphatic rings. The average molecular weight is 244 g/mol. The fraction of sp³-hybridized carbons (Fsp3) is 0.833. The van der Waals surface area contributed by atoms with E-state index < -0.39 is 15.9 Å². The van der Waals surface area contributed by atoms with Gasteiger partial charge < -0.3 is 5.32 Å². The summed E-state index contributed by atoms with van der Waals surface area (Å²) in [5.74, 6) is 0. The van der Waals surface area contributed by atoms with E-state index in [4.69, 9.17) is 0 Å². The molecule has 0 aromatic rings. The van der Waals surface area contributed by atoms with Crippen LogP contribution in [0.15, 0.2) is 11.3 Å².